The molecule has 2 N–H and O–H groups in total. The Morgan fingerprint density at radius 2 is 2.00 bits per heavy atom. The highest BCUT2D eigenvalue weighted by atomic mass is 19.4. The Labute approximate surface area is 187 Å². The van der Waals surface area contributed by atoms with E-state index in [0.717, 1.165) is 16.9 Å². The molecular formula is C21H16F6N4O3. The number of fused-ring (bicyclic) bond motifs is 5. The summed E-state index contributed by atoms with van der Waals surface area (Å²) in [4.78, 5) is 13.5. The lowest BCUT2D eigenvalue weighted by Crippen LogP contribution is -2.45. The fourth-order valence-electron chi connectivity index (χ4n) is 5.68. The fraction of sp³-hybridized carbons (Fsp3) is 0.476. The minimum atomic E-state index is -4.85. The molecule has 3 aliphatic rings. The molecule has 2 aromatic rings. The number of aromatic nitrogens is 2. The van der Waals surface area contributed by atoms with Gasteiger partial charge in [-0.2, -0.15) is 36.7 Å². The number of nitrogens with one attached hydrogen (secondary N) is 1. The zero-order valence-corrected chi connectivity index (χ0v) is 17.3. The van der Waals surface area contributed by atoms with Crippen LogP contribution in [0.2, 0.25) is 0 Å². The van der Waals surface area contributed by atoms with E-state index in [1.54, 1.807) is 6.07 Å². The summed E-state index contributed by atoms with van der Waals surface area (Å²) in [6.07, 6.45) is -11.8. The first-order chi connectivity index (χ1) is 15.8. The van der Waals surface area contributed by atoms with Crippen molar-refractivity contribution in [3.8, 4) is 6.07 Å². The van der Waals surface area contributed by atoms with Crippen molar-refractivity contribution in [2.75, 3.05) is 5.32 Å². The van der Waals surface area contributed by atoms with Gasteiger partial charge in [0.2, 0.25) is 5.91 Å². The van der Waals surface area contributed by atoms with E-state index in [1.165, 1.54) is 7.05 Å². The molecule has 2 saturated heterocycles. The van der Waals surface area contributed by atoms with Gasteiger partial charge in [0.15, 0.2) is 5.69 Å². The average molecular weight is 486 g/mol. The molecule has 0 radical (unpaired) electrons. The first-order valence-corrected chi connectivity index (χ1v) is 10.1. The first-order valence-electron chi connectivity index (χ1n) is 10.1. The minimum absolute atomic E-state index is 0.0187. The lowest BCUT2D eigenvalue weighted by molar-refractivity contribution is -0.143. The van der Waals surface area contributed by atoms with Crippen molar-refractivity contribution >= 4 is 11.6 Å². The second kappa shape index (κ2) is 6.73. The molecular weight excluding hydrogens is 470 g/mol. The van der Waals surface area contributed by atoms with Crippen LogP contribution < -0.4 is 5.32 Å². The summed E-state index contributed by atoms with van der Waals surface area (Å²) in [6.45, 7) is 0. The Morgan fingerprint density at radius 3 is 2.62 bits per heavy atom. The van der Waals surface area contributed by atoms with Gasteiger partial charge in [-0.25, -0.2) is 0 Å². The number of aryl methyl sites for hydroxylation is 1. The molecule has 2 aliphatic heterocycles. The molecule has 3 heterocycles. The third-order valence-electron chi connectivity index (χ3n) is 7.08. The maximum absolute atomic E-state index is 13.7. The van der Waals surface area contributed by atoms with E-state index in [4.69, 9.17) is 4.74 Å². The summed E-state index contributed by atoms with van der Waals surface area (Å²) in [6, 6.07) is 3.89. The summed E-state index contributed by atoms with van der Waals surface area (Å²) in [5.41, 5.74) is -6.42. The number of hydrogen-bond donors (Lipinski definition) is 2. The molecule has 3 fully saturated rings. The molecule has 2 bridgehead atoms. The predicted octanol–water partition coefficient (Wildman–Crippen LogP) is 3.13. The quantitative estimate of drug-likeness (QED) is 0.650. The third-order valence-corrected chi connectivity index (χ3v) is 7.08. The average Bonchev–Trinajstić information content (AvgIpc) is 2.95. The van der Waals surface area contributed by atoms with Crippen LogP contribution in [0.1, 0.15) is 35.2 Å². The van der Waals surface area contributed by atoms with Crippen LogP contribution in [-0.2, 0) is 34.3 Å². The highest BCUT2D eigenvalue weighted by molar-refractivity contribution is 6.02. The SMILES string of the molecule is Cn1cc(C23CC2(C(=O)Nc2cc(C(F)(F)F)ccc2C#N)C2CC(O)C3O2)c(C(F)(F)F)n1. The number of rotatable bonds is 3. The maximum atomic E-state index is 13.7. The molecule has 7 nitrogen and oxygen atoms in total. The number of carbonyl (C=O) groups excluding carboxylic acids is 1. The van der Waals surface area contributed by atoms with Crippen LogP contribution in [0.15, 0.2) is 24.4 Å². The first kappa shape index (κ1) is 22.7. The summed E-state index contributed by atoms with van der Waals surface area (Å²) in [5, 5.41) is 25.5. The third kappa shape index (κ3) is 2.84. The van der Waals surface area contributed by atoms with Gasteiger partial charge in [-0.1, -0.05) is 0 Å². The standard InChI is InChI=1S/C21H16F6N4O3/c1-31-7-11(15(30-31)21(25,26)27)18-8-19(18,14-5-13(32)16(18)34-14)17(33)29-12-4-10(20(22,23)24)3-2-9(12)6-28/h2-4,7,13-14,16,32H,5,8H2,1H3,(H,29,33). The molecule has 0 spiro atoms. The van der Waals surface area contributed by atoms with E-state index in [1.807, 2.05) is 0 Å². The maximum Gasteiger partial charge on any atom is 0.435 e. The summed E-state index contributed by atoms with van der Waals surface area (Å²) >= 11 is 0. The van der Waals surface area contributed by atoms with E-state index in [2.05, 4.69) is 10.4 Å². The normalized spacial score (nSPS) is 31.8. The van der Waals surface area contributed by atoms with Gasteiger partial charge in [0.25, 0.3) is 0 Å². The van der Waals surface area contributed by atoms with Crippen LogP contribution in [0.5, 0.6) is 0 Å². The molecule has 34 heavy (non-hydrogen) atoms. The Hall–Kier alpha value is -3.11. The van der Waals surface area contributed by atoms with Crippen LogP contribution in [0.3, 0.4) is 0 Å². The molecule has 180 valence electrons. The lowest BCUT2D eigenvalue weighted by Gasteiger charge is -2.29. The van der Waals surface area contributed by atoms with E-state index in [-0.39, 0.29) is 24.0 Å². The van der Waals surface area contributed by atoms with Crippen molar-refractivity contribution in [3.63, 3.8) is 0 Å². The monoisotopic (exact) mass is 486 g/mol. The molecule has 1 aromatic heterocycles. The van der Waals surface area contributed by atoms with Gasteiger partial charge in [0.05, 0.1) is 40.5 Å². The largest absolute Gasteiger partial charge is 0.435 e. The topological polar surface area (TPSA) is 100 Å². The summed E-state index contributed by atoms with van der Waals surface area (Å²) in [7, 11) is 1.28. The molecule has 1 aliphatic carbocycles. The van der Waals surface area contributed by atoms with E-state index in [9.17, 15) is 41.5 Å². The zero-order chi connectivity index (χ0) is 24.8. The molecule has 1 aromatic carbocycles. The summed E-state index contributed by atoms with van der Waals surface area (Å²) in [5.74, 6) is -0.875. The van der Waals surface area contributed by atoms with Gasteiger partial charge < -0.3 is 15.2 Å². The van der Waals surface area contributed by atoms with Gasteiger partial charge >= 0.3 is 12.4 Å². The van der Waals surface area contributed by atoms with Crippen molar-refractivity contribution < 1.29 is 41.0 Å². The van der Waals surface area contributed by atoms with Gasteiger partial charge in [-0.05, 0) is 24.6 Å². The Bertz CT molecular complexity index is 1250. The van der Waals surface area contributed by atoms with Gasteiger partial charge in [-0.3, -0.25) is 9.48 Å². The predicted molar refractivity (Wildman–Crippen MR) is 101 cm³/mol. The second-order valence-corrected chi connectivity index (χ2v) is 8.85. The zero-order valence-electron chi connectivity index (χ0n) is 17.3. The van der Waals surface area contributed by atoms with Crippen molar-refractivity contribution in [1.29, 1.82) is 5.26 Å². The number of benzene rings is 1. The number of carbonyl (C=O) groups is 1. The van der Waals surface area contributed by atoms with E-state index < -0.39 is 64.3 Å². The Morgan fingerprint density at radius 1 is 1.29 bits per heavy atom. The van der Waals surface area contributed by atoms with Crippen LogP contribution in [0, 0.1) is 16.7 Å². The van der Waals surface area contributed by atoms with Gasteiger partial charge in [-0.15, -0.1) is 0 Å². The highest BCUT2D eigenvalue weighted by Crippen LogP contribution is 2.78. The van der Waals surface area contributed by atoms with Gasteiger partial charge in [0, 0.05) is 30.6 Å². The number of anilines is 1. The number of halogens is 6. The van der Waals surface area contributed by atoms with Crippen LogP contribution >= 0.6 is 0 Å². The van der Waals surface area contributed by atoms with E-state index >= 15 is 0 Å². The molecule has 1 amide bonds. The molecule has 5 rings (SSSR count). The molecule has 13 heteroatoms. The smallest absolute Gasteiger partial charge is 0.390 e. The molecule has 5 unspecified atom stereocenters. The number of aliphatic hydroxyl groups is 1. The number of alkyl halides is 6. The number of nitrogens with zero attached hydrogens (tertiary/aromatic N) is 3. The number of nitriles is 1. The van der Waals surface area contributed by atoms with Crippen molar-refractivity contribution in [1.82, 2.24) is 9.78 Å². The highest BCUT2D eigenvalue weighted by Gasteiger charge is 2.88. The number of aliphatic hydroxyl groups excluding tert-OH is 1. The van der Waals surface area contributed by atoms with Crippen LogP contribution in [0.25, 0.3) is 0 Å². The number of ether oxygens (including phenoxy) is 1. The van der Waals surface area contributed by atoms with Crippen LogP contribution in [-0.4, -0.2) is 39.1 Å². The minimum Gasteiger partial charge on any atom is -0.390 e. The number of amides is 1. The molecule has 1 saturated carbocycles. The van der Waals surface area contributed by atoms with Crippen molar-refractivity contribution in [2.45, 2.75) is 48.9 Å². The summed E-state index contributed by atoms with van der Waals surface area (Å²) < 4.78 is 87.4. The fourth-order valence-corrected chi connectivity index (χ4v) is 5.68. The molecule has 5 atom stereocenters. The van der Waals surface area contributed by atoms with E-state index in [0.29, 0.717) is 12.1 Å². The lowest BCUT2D eigenvalue weighted by atomic mass is 9.73. The van der Waals surface area contributed by atoms with Gasteiger partial charge in [0.1, 0.15) is 6.07 Å². The van der Waals surface area contributed by atoms with Crippen molar-refractivity contribution in [2.24, 2.45) is 12.5 Å². The second-order valence-electron chi connectivity index (χ2n) is 8.85. The Balaban J connectivity index is 1.58. The van der Waals surface area contributed by atoms with Crippen molar-refractivity contribution in [3.05, 3.63) is 46.8 Å². The number of hydrogen-bond acceptors (Lipinski definition) is 5. The Kier molecular flexibility index (Phi) is 4.49. The van der Waals surface area contributed by atoms with Crippen LogP contribution in [0.4, 0.5) is 32.0 Å².